The van der Waals surface area contributed by atoms with Crippen LogP contribution in [0.5, 0.6) is 0 Å². The van der Waals surface area contributed by atoms with Crippen LogP contribution in [0.15, 0.2) is 24.3 Å². The van der Waals surface area contributed by atoms with Gasteiger partial charge in [-0.25, -0.2) is 0 Å². The van der Waals surface area contributed by atoms with E-state index < -0.39 is 10.2 Å². The summed E-state index contributed by atoms with van der Waals surface area (Å²) in [5.74, 6) is 0. The number of rotatable bonds is 3. The SMILES string of the molecule is O=S(=O)(NC1CCCCCC1)N1CCCc2ccccc21. The first-order chi connectivity index (χ1) is 10.2. The van der Waals surface area contributed by atoms with E-state index in [-0.39, 0.29) is 6.04 Å². The molecule has 1 heterocycles. The summed E-state index contributed by atoms with van der Waals surface area (Å²) in [6, 6.07) is 7.95. The first kappa shape index (κ1) is 14.9. The zero-order valence-electron chi connectivity index (χ0n) is 12.4. The molecular weight excluding hydrogens is 284 g/mol. The van der Waals surface area contributed by atoms with Crippen molar-refractivity contribution < 1.29 is 8.42 Å². The maximum absolute atomic E-state index is 12.7. The van der Waals surface area contributed by atoms with Crippen molar-refractivity contribution in [3.05, 3.63) is 29.8 Å². The van der Waals surface area contributed by atoms with E-state index in [2.05, 4.69) is 4.72 Å². The van der Waals surface area contributed by atoms with Crippen molar-refractivity contribution in [3.8, 4) is 0 Å². The van der Waals surface area contributed by atoms with Crippen LogP contribution in [0.3, 0.4) is 0 Å². The van der Waals surface area contributed by atoms with Gasteiger partial charge in [0.1, 0.15) is 0 Å². The zero-order valence-corrected chi connectivity index (χ0v) is 13.2. The molecule has 0 radical (unpaired) electrons. The standard InChI is InChI=1S/C16H24N2O2S/c19-21(20,17-15-10-3-1-2-4-11-15)18-13-7-9-14-8-5-6-12-16(14)18/h5-6,8,12,15,17H,1-4,7,9-11,13H2. The number of benzene rings is 1. The summed E-state index contributed by atoms with van der Waals surface area (Å²) in [5.41, 5.74) is 1.99. The number of nitrogens with zero attached hydrogens (tertiary/aromatic N) is 1. The van der Waals surface area contributed by atoms with Gasteiger partial charge in [0, 0.05) is 12.6 Å². The lowest BCUT2D eigenvalue weighted by atomic mass is 10.0. The predicted molar refractivity (Wildman–Crippen MR) is 85.7 cm³/mol. The molecule has 0 spiro atoms. The molecule has 3 rings (SSSR count). The molecule has 0 unspecified atom stereocenters. The highest BCUT2D eigenvalue weighted by Gasteiger charge is 2.29. The van der Waals surface area contributed by atoms with E-state index >= 15 is 0 Å². The first-order valence-corrected chi connectivity index (χ1v) is 9.49. The third kappa shape index (κ3) is 3.40. The van der Waals surface area contributed by atoms with Gasteiger partial charge in [-0.05, 0) is 37.3 Å². The maximum Gasteiger partial charge on any atom is 0.301 e. The second kappa shape index (κ2) is 6.36. The summed E-state index contributed by atoms with van der Waals surface area (Å²) >= 11 is 0. The summed E-state index contributed by atoms with van der Waals surface area (Å²) < 4.78 is 30.0. The van der Waals surface area contributed by atoms with Crippen molar-refractivity contribution in [2.24, 2.45) is 0 Å². The molecule has 1 N–H and O–H groups in total. The Balaban J connectivity index is 1.79. The fourth-order valence-electron chi connectivity index (χ4n) is 3.42. The number of aryl methyl sites for hydroxylation is 1. The molecule has 5 heteroatoms. The van der Waals surface area contributed by atoms with E-state index in [4.69, 9.17) is 0 Å². The van der Waals surface area contributed by atoms with Gasteiger partial charge in [-0.1, -0.05) is 43.9 Å². The van der Waals surface area contributed by atoms with Crippen LogP contribution in [0.1, 0.15) is 50.5 Å². The third-order valence-electron chi connectivity index (χ3n) is 4.53. The quantitative estimate of drug-likeness (QED) is 0.873. The minimum Gasteiger partial charge on any atom is -0.258 e. The van der Waals surface area contributed by atoms with Crippen LogP contribution in [0.4, 0.5) is 5.69 Å². The monoisotopic (exact) mass is 308 g/mol. The van der Waals surface area contributed by atoms with Gasteiger partial charge in [-0.3, -0.25) is 4.31 Å². The molecule has 1 aliphatic carbocycles. The Morgan fingerprint density at radius 1 is 1.00 bits per heavy atom. The highest BCUT2D eigenvalue weighted by Crippen LogP contribution is 2.29. The van der Waals surface area contributed by atoms with Crippen molar-refractivity contribution in [2.75, 3.05) is 10.8 Å². The molecule has 0 atom stereocenters. The predicted octanol–water partition coefficient (Wildman–Crippen LogP) is 3.00. The van der Waals surface area contributed by atoms with Crippen LogP contribution in [-0.2, 0) is 16.6 Å². The van der Waals surface area contributed by atoms with Gasteiger partial charge in [0.25, 0.3) is 0 Å². The number of para-hydroxylation sites is 1. The molecule has 0 amide bonds. The Kier molecular flexibility index (Phi) is 4.50. The molecule has 116 valence electrons. The molecule has 1 aromatic rings. The van der Waals surface area contributed by atoms with E-state index in [1.54, 1.807) is 4.31 Å². The van der Waals surface area contributed by atoms with Gasteiger partial charge in [-0.15, -0.1) is 0 Å². The lowest BCUT2D eigenvalue weighted by Gasteiger charge is -2.32. The Hall–Kier alpha value is -1.07. The van der Waals surface area contributed by atoms with E-state index in [1.165, 1.54) is 12.8 Å². The second-order valence-corrected chi connectivity index (χ2v) is 7.74. The maximum atomic E-state index is 12.7. The van der Waals surface area contributed by atoms with E-state index in [1.807, 2.05) is 24.3 Å². The number of nitrogens with one attached hydrogen (secondary N) is 1. The Morgan fingerprint density at radius 2 is 1.71 bits per heavy atom. The van der Waals surface area contributed by atoms with Crippen molar-refractivity contribution >= 4 is 15.9 Å². The van der Waals surface area contributed by atoms with Crippen LogP contribution < -0.4 is 9.03 Å². The lowest BCUT2D eigenvalue weighted by molar-refractivity contribution is 0.506. The van der Waals surface area contributed by atoms with Gasteiger partial charge in [0.2, 0.25) is 0 Å². The summed E-state index contributed by atoms with van der Waals surface area (Å²) in [6.07, 6.45) is 8.50. The van der Waals surface area contributed by atoms with Crippen LogP contribution in [-0.4, -0.2) is 21.0 Å². The van der Waals surface area contributed by atoms with E-state index in [9.17, 15) is 8.42 Å². The normalized spacial score (nSPS) is 20.9. The summed E-state index contributed by atoms with van der Waals surface area (Å²) in [4.78, 5) is 0. The largest absolute Gasteiger partial charge is 0.301 e. The molecule has 4 nitrogen and oxygen atoms in total. The molecule has 0 saturated heterocycles. The zero-order chi connectivity index (χ0) is 14.7. The first-order valence-electron chi connectivity index (χ1n) is 8.05. The van der Waals surface area contributed by atoms with Gasteiger partial charge in [-0.2, -0.15) is 13.1 Å². The highest BCUT2D eigenvalue weighted by molar-refractivity contribution is 7.90. The van der Waals surface area contributed by atoms with Crippen LogP contribution in [0, 0.1) is 0 Å². The van der Waals surface area contributed by atoms with Gasteiger partial charge < -0.3 is 0 Å². The molecule has 0 bridgehead atoms. The smallest absolute Gasteiger partial charge is 0.258 e. The van der Waals surface area contributed by atoms with E-state index in [0.717, 1.165) is 49.8 Å². The molecule has 0 aromatic heterocycles. The topological polar surface area (TPSA) is 49.4 Å². The molecule has 21 heavy (non-hydrogen) atoms. The number of fused-ring (bicyclic) bond motifs is 1. The summed E-state index contributed by atoms with van der Waals surface area (Å²) in [7, 11) is -3.43. The minimum atomic E-state index is -3.43. The molecule has 1 aromatic carbocycles. The highest BCUT2D eigenvalue weighted by atomic mass is 32.2. The average Bonchev–Trinajstić information content (AvgIpc) is 2.75. The van der Waals surface area contributed by atoms with Crippen molar-refractivity contribution in [1.82, 2.24) is 4.72 Å². The number of hydrogen-bond acceptors (Lipinski definition) is 2. The van der Waals surface area contributed by atoms with Gasteiger partial charge in [0.05, 0.1) is 5.69 Å². The summed E-state index contributed by atoms with van der Waals surface area (Å²) in [5, 5.41) is 0. The lowest BCUT2D eigenvalue weighted by Crippen LogP contribution is -2.47. The van der Waals surface area contributed by atoms with Crippen molar-refractivity contribution in [1.29, 1.82) is 0 Å². The molecule has 1 fully saturated rings. The van der Waals surface area contributed by atoms with Crippen LogP contribution in [0.2, 0.25) is 0 Å². The van der Waals surface area contributed by atoms with Crippen molar-refractivity contribution in [3.63, 3.8) is 0 Å². The van der Waals surface area contributed by atoms with Crippen LogP contribution >= 0.6 is 0 Å². The number of hydrogen-bond donors (Lipinski definition) is 1. The Labute approximate surface area is 127 Å². The van der Waals surface area contributed by atoms with Crippen molar-refractivity contribution in [2.45, 2.75) is 57.4 Å². The number of anilines is 1. The minimum absolute atomic E-state index is 0.103. The Morgan fingerprint density at radius 3 is 2.48 bits per heavy atom. The fraction of sp³-hybridized carbons (Fsp3) is 0.625. The summed E-state index contributed by atoms with van der Waals surface area (Å²) in [6.45, 7) is 0.582. The molecule has 1 saturated carbocycles. The third-order valence-corrected chi connectivity index (χ3v) is 6.12. The second-order valence-electron chi connectivity index (χ2n) is 6.12. The fourth-order valence-corrected chi connectivity index (χ4v) is 5.01. The van der Waals surface area contributed by atoms with Gasteiger partial charge in [0.15, 0.2) is 0 Å². The molecule has 2 aliphatic rings. The van der Waals surface area contributed by atoms with E-state index in [0.29, 0.717) is 6.54 Å². The molecule has 1 aliphatic heterocycles. The van der Waals surface area contributed by atoms with Crippen LogP contribution in [0.25, 0.3) is 0 Å². The van der Waals surface area contributed by atoms with Gasteiger partial charge >= 0.3 is 10.2 Å². The average molecular weight is 308 g/mol. The molecular formula is C16H24N2O2S. The Bertz CT molecular complexity index is 578.